The van der Waals surface area contributed by atoms with Crippen molar-refractivity contribution >= 4 is 5.96 Å². The van der Waals surface area contributed by atoms with Gasteiger partial charge < -0.3 is 15.2 Å². The predicted molar refractivity (Wildman–Crippen MR) is 109 cm³/mol. The molecule has 7 heteroatoms. The molecule has 1 aromatic carbocycles. The zero-order chi connectivity index (χ0) is 18.9. The second kappa shape index (κ2) is 10.1. The standard InChI is InChI=1S/C20H31N7/c1-3-19-25-23-16-27(19)13-11-22-20(21-2)24-18-10-7-12-26(15-18)14-17-8-5-4-6-9-17/h4-6,8-9,16,18H,3,7,10-15H2,1-2H3,(H2,21,22,24). The third-order valence-corrected chi connectivity index (χ3v) is 4.98. The van der Waals surface area contributed by atoms with E-state index in [2.05, 4.69) is 72.5 Å². The molecule has 2 N–H and O–H groups in total. The lowest BCUT2D eigenvalue weighted by atomic mass is 10.0. The van der Waals surface area contributed by atoms with Crippen LogP contribution in [0.1, 0.15) is 31.2 Å². The highest BCUT2D eigenvalue weighted by Crippen LogP contribution is 2.13. The van der Waals surface area contributed by atoms with E-state index in [1.165, 1.54) is 18.4 Å². The molecular formula is C20H31N7. The summed E-state index contributed by atoms with van der Waals surface area (Å²) < 4.78 is 2.09. The number of rotatable bonds is 7. The largest absolute Gasteiger partial charge is 0.355 e. The number of nitrogens with one attached hydrogen (secondary N) is 2. The van der Waals surface area contributed by atoms with Gasteiger partial charge in [0.25, 0.3) is 0 Å². The Morgan fingerprint density at radius 3 is 2.93 bits per heavy atom. The van der Waals surface area contributed by atoms with Crippen LogP contribution in [0.5, 0.6) is 0 Å². The number of hydrogen-bond donors (Lipinski definition) is 2. The van der Waals surface area contributed by atoms with E-state index in [1.807, 2.05) is 7.05 Å². The lowest BCUT2D eigenvalue weighted by Gasteiger charge is -2.34. The van der Waals surface area contributed by atoms with Crippen LogP contribution >= 0.6 is 0 Å². The number of likely N-dealkylation sites (tertiary alicyclic amines) is 1. The maximum atomic E-state index is 4.39. The summed E-state index contributed by atoms with van der Waals surface area (Å²) in [4.78, 5) is 6.91. The average Bonchev–Trinajstić information content (AvgIpc) is 3.16. The van der Waals surface area contributed by atoms with E-state index in [0.717, 1.165) is 50.9 Å². The van der Waals surface area contributed by atoms with Gasteiger partial charge in [-0.25, -0.2) is 0 Å². The molecule has 1 atom stereocenters. The van der Waals surface area contributed by atoms with E-state index in [0.29, 0.717) is 6.04 Å². The van der Waals surface area contributed by atoms with Crippen LogP contribution in [0.15, 0.2) is 41.7 Å². The van der Waals surface area contributed by atoms with Gasteiger partial charge in [-0.05, 0) is 24.9 Å². The zero-order valence-corrected chi connectivity index (χ0v) is 16.4. The normalized spacial score (nSPS) is 18.4. The van der Waals surface area contributed by atoms with E-state index in [-0.39, 0.29) is 0 Å². The Morgan fingerprint density at radius 2 is 2.15 bits per heavy atom. The SMILES string of the molecule is CCc1nncn1CCNC(=NC)NC1CCCN(Cc2ccccc2)C1. The third kappa shape index (κ3) is 5.79. The first-order chi connectivity index (χ1) is 13.3. The fourth-order valence-corrected chi connectivity index (χ4v) is 3.58. The zero-order valence-electron chi connectivity index (χ0n) is 16.4. The van der Waals surface area contributed by atoms with Gasteiger partial charge in [-0.1, -0.05) is 37.3 Å². The molecule has 2 aromatic rings. The molecule has 1 fully saturated rings. The summed E-state index contributed by atoms with van der Waals surface area (Å²) in [6, 6.07) is 11.1. The Morgan fingerprint density at radius 1 is 1.30 bits per heavy atom. The van der Waals surface area contributed by atoms with Crippen LogP contribution in [0, 0.1) is 0 Å². The summed E-state index contributed by atoms with van der Waals surface area (Å²) in [7, 11) is 1.83. The van der Waals surface area contributed by atoms with Crippen molar-refractivity contribution in [1.29, 1.82) is 0 Å². The number of hydrogen-bond acceptors (Lipinski definition) is 4. The van der Waals surface area contributed by atoms with Crippen LogP contribution in [0.2, 0.25) is 0 Å². The van der Waals surface area contributed by atoms with E-state index >= 15 is 0 Å². The van der Waals surface area contributed by atoms with Crippen molar-refractivity contribution in [2.45, 2.75) is 45.3 Å². The van der Waals surface area contributed by atoms with Crippen LogP contribution in [0.3, 0.4) is 0 Å². The minimum Gasteiger partial charge on any atom is -0.355 e. The summed E-state index contributed by atoms with van der Waals surface area (Å²) in [5.74, 6) is 1.89. The maximum Gasteiger partial charge on any atom is 0.191 e. The summed E-state index contributed by atoms with van der Waals surface area (Å²) in [6.45, 7) is 6.94. The lowest BCUT2D eigenvalue weighted by molar-refractivity contribution is 0.192. The van der Waals surface area contributed by atoms with E-state index in [1.54, 1.807) is 6.33 Å². The van der Waals surface area contributed by atoms with Crippen LogP contribution in [0.25, 0.3) is 0 Å². The van der Waals surface area contributed by atoms with Crippen LogP contribution in [-0.2, 0) is 19.5 Å². The van der Waals surface area contributed by atoms with Crippen molar-refractivity contribution in [3.05, 3.63) is 48.0 Å². The quantitative estimate of drug-likeness (QED) is 0.574. The summed E-state index contributed by atoms with van der Waals surface area (Å²) >= 11 is 0. The van der Waals surface area contributed by atoms with Crippen molar-refractivity contribution < 1.29 is 0 Å². The molecule has 1 saturated heterocycles. The number of aryl methyl sites for hydroxylation is 1. The van der Waals surface area contributed by atoms with E-state index < -0.39 is 0 Å². The molecule has 0 amide bonds. The van der Waals surface area contributed by atoms with Gasteiger partial charge in [0.15, 0.2) is 5.96 Å². The van der Waals surface area contributed by atoms with E-state index in [9.17, 15) is 0 Å². The fourth-order valence-electron chi connectivity index (χ4n) is 3.58. The second-order valence-electron chi connectivity index (χ2n) is 7.00. The summed E-state index contributed by atoms with van der Waals surface area (Å²) in [5, 5.41) is 15.1. The molecule has 7 nitrogen and oxygen atoms in total. The second-order valence-corrected chi connectivity index (χ2v) is 7.00. The van der Waals surface area contributed by atoms with Crippen LogP contribution in [0.4, 0.5) is 0 Å². The summed E-state index contributed by atoms with van der Waals surface area (Å²) in [6.07, 6.45) is 5.07. The molecule has 0 saturated carbocycles. The Balaban J connectivity index is 1.44. The molecule has 1 unspecified atom stereocenters. The molecule has 146 valence electrons. The Labute approximate surface area is 161 Å². The van der Waals surface area contributed by atoms with Crippen molar-refractivity contribution in [3.63, 3.8) is 0 Å². The molecule has 0 bridgehead atoms. The predicted octanol–water partition coefficient (Wildman–Crippen LogP) is 1.67. The summed E-state index contributed by atoms with van der Waals surface area (Å²) in [5.41, 5.74) is 1.38. The molecule has 3 rings (SSSR count). The number of benzene rings is 1. The van der Waals surface area contributed by atoms with Crippen molar-refractivity contribution in [1.82, 2.24) is 30.3 Å². The lowest BCUT2D eigenvalue weighted by Crippen LogP contribution is -2.51. The van der Waals surface area contributed by atoms with Gasteiger partial charge in [-0.3, -0.25) is 9.89 Å². The van der Waals surface area contributed by atoms with E-state index in [4.69, 9.17) is 0 Å². The highest BCUT2D eigenvalue weighted by Gasteiger charge is 2.20. The highest BCUT2D eigenvalue weighted by atomic mass is 15.3. The highest BCUT2D eigenvalue weighted by molar-refractivity contribution is 5.79. The number of guanidine groups is 1. The first kappa shape index (κ1) is 19.4. The van der Waals surface area contributed by atoms with Gasteiger partial charge >= 0.3 is 0 Å². The van der Waals surface area contributed by atoms with Crippen molar-refractivity contribution in [2.24, 2.45) is 4.99 Å². The topological polar surface area (TPSA) is 70.4 Å². The molecule has 0 spiro atoms. The van der Waals surface area contributed by atoms with Gasteiger partial charge in [0, 0.05) is 45.7 Å². The first-order valence-corrected chi connectivity index (χ1v) is 9.88. The minimum absolute atomic E-state index is 0.426. The van der Waals surface area contributed by atoms with Crippen LogP contribution < -0.4 is 10.6 Å². The molecule has 27 heavy (non-hydrogen) atoms. The Kier molecular flexibility index (Phi) is 7.21. The van der Waals surface area contributed by atoms with Gasteiger partial charge in [-0.15, -0.1) is 10.2 Å². The monoisotopic (exact) mass is 369 g/mol. The Hall–Kier alpha value is -2.41. The molecule has 0 aliphatic carbocycles. The van der Waals surface area contributed by atoms with Gasteiger partial charge in [0.05, 0.1) is 0 Å². The number of piperidine rings is 1. The number of nitrogens with zero attached hydrogens (tertiary/aromatic N) is 5. The maximum absolute atomic E-state index is 4.39. The molecular weight excluding hydrogens is 338 g/mol. The first-order valence-electron chi connectivity index (χ1n) is 9.88. The van der Waals surface area contributed by atoms with Gasteiger partial charge in [0.1, 0.15) is 12.2 Å². The smallest absolute Gasteiger partial charge is 0.191 e. The number of aliphatic imine (C=N–C) groups is 1. The molecule has 2 heterocycles. The van der Waals surface area contributed by atoms with Gasteiger partial charge in [-0.2, -0.15) is 0 Å². The average molecular weight is 370 g/mol. The third-order valence-electron chi connectivity index (χ3n) is 4.98. The van der Waals surface area contributed by atoms with Crippen molar-refractivity contribution in [2.75, 3.05) is 26.7 Å². The fraction of sp³-hybridized carbons (Fsp3) is 0.550. The van der Waals surface area contributed by atoms with Gasteiger partial charge in [0.2, 0.25) is 0 Å². The molecule has 0 radical (unpaired) electrons. The molecule has 1 aromatic heterocycles. The van der Waals surface area contributed by atoms with Crippen molar-refractivity contribution in [3.8, 4) is 0 Å². The number of aromatic nitrogens is 3. The Bertz CT molecular complexity index is 710. The molecule has 1 aliphatic rings. The minimum atomic E-state index is 0.426. The molecule has 1 aliphatic heterocycles. The van der Waals surface area contributed by atoms with Crippen LogP contribution in [-0.4, -0.2) is 58.3 Å².